The lowest BCUT2D eigenvalue weighted by Crippen LogP contribution is -2.53. The molecule has 2 saturated heterocycles. The molecule has 0 saturated carbocycles. The molecule has 0 bridgehead atoms. The smallest absolute Gasteiger partial charge is 0.320 e. The number of nitrogens with one attached hydrogen (secondary N) is 2. The number of amides is 2. The summed E-state index contributed by atoms with van der Waals surface area (Å²) in [5, 5.41) is 4.87. The first-order valence-electron chi connectivity index (χ1n) is 12.5. The Bertz CT molecular complexity index is 1230. The van der Waals surface area contributed by atoms with Crippen molar-refractivity contribution in [2.24, 2.45) is 0 Å². The fraction of sp³-hybridized carbons (Fsp3) is 0.481. The number of morpholine rings is 1. The summed E-state index contributed by atoms with van der Waals surface area (Å²) in [5.74, 6) is 0. The molecule has 2 amide bonds. The summed E-state index contributed by atoms with van der Waals surface area (Å²) in [6, 6.07) is 7.54. The van der Waals surface area contributed by atoms with E-state index < -0.39 is 0 Å². The van der Waals surface area contributed by atoms with Gasteiger partial charge in [-0.25, -0.2) is 9.78 Å². The number of pyridine rings is 1. The van der Waals surface area contributed by atoms with Crippen LogP contribution in [-0.4, -0.2) is 64.7 Å². The molecule has 1 aromatic carbocycles. The number of carbonyl (C=O) groups is 1. The number of aryl methyl sites for hydroxylation is 1. The van der Waals surface area contributed by atoms with Crippen molar-refractivity contribution in [3.05, 3.63) is 52.8 Å². The summed E-state index contributed by atoms with van der Waals surface area (Å²) >= 11 is 0. The Morgan fingerprint density at radius 3 is 2.94 bits per heavy atom. The van der Waals surface area contributed by atoms with Crippen molar-refractivity contribution in [1.82, 2.24) is 25.1 Å². The van der Waals surface area contributed by atoms with E-state index >= 15 is 0 Å². The number of aromatic amines is 1. The van der Waals surface area contributed by atoms with Crippen molar-refractivity contribution >= 4 is 17.1 Å². The summed E-state index contributed by atoms with van der Waals surface area (Å²) in [6.07, 6.45) is 7.20. The highest BCUT2D eigenvalue weighted by atomic mass is 16.5. The van der Waals surface area contributed by atoms with Gasteiger partial charge < -0.3 is 24.8 Å². The lowest BCUT2D eigenvalue weighted by atomic mass is 9.87. The molecule has 7 nitrogen and oxygen atoms in total. The number of benzene rings is 1. The molecule has 3 aromatic rings. The number of urea groups is 1. The molecule has 0 radical (unpaired) electrons. The summed E-state index contributed by atoms with van der Waals surface area (Å²) in [6.45, 7) is 8.60. The topological polar surface area (TPSA) is 73.5 Å². The van der Waals surface area contributed by atoms with Gasteiger partial charge >= 0.3 is 6.03 Å². The van der Waals surface area contributed by atoms with Gasteiger partial charge in [0.05, 0.1) is 19.3 Å². The van der Waals surface area contributed by atoms with Crippen LogP contribution in [0.5, 0.6) is 0 Å². The number of fused-ring (bicyclic) bond motifs is 2. The van der Waals surface area contributed by atoms with Crippen molar-refractivity contribution in [3.63, 3.8) is 0 Å². The van der Waals surface area contributed by atoms with Crippen LogP contribution in [0, 0.1) is 6.92 Å². The van der Waals surface area contributed by atoms with Crippen LogP contribution in [0.1, 0.15) is 48.1 Å². The van der Waals surface area contributed by atoms with Gasteiger partial charge in [-0.05, 0) is 79.6 Å². The molecular formula is C27H33N5O2. The fourth-order valence-electron chi connectivity index (χ4n) is 5.77. The van der Waals surface area contributed by atoms with E-state index in [-0.39, 0.29) is 12.1 Å². The minimum absolute atomic E-state index is 0.125. The second-order valence-electron chi connectivity index (χ2n) is 10.0. The number of nitrogens with zero attached hydrogens (tertiary/aromatic N) is 3. The second-order valence-corrected chi connectivity index (χ2v) is 10.0. The summed E-state index contributed by atoms with van der Waals surface area (Å²) in [5.41, 5.74) is 8.57. The second kappa shape index (κ2) is 8.71. The van der Waals surface area contributed by atoms with Crippen LogP contribution in [0.4, 0.5) is 4.79 Å². The van der Waals surface area contributed by atoms with E-state index in [0.717, 1.165) is 37.1 Å². The van der Waals surface area contributed by atoms with Crippen LogP contribution in [0.2, 0.25) is 0 Å². The first-order valence-corrected chi connectivity index (χ1v) is 12.5. The van der Waals surface area contributed by atoms with Gasteiger partial charge in [0.25, 0.3) is 0 Å². The third-order valence-corrected chi connectivity index (χ3v) is 7.77. The summed E-state index contributed by atoms with van der Waals surface area (Å²) in [4.78, 5) is 25.3. The van der Waals surface area contributed by atoms with Crippen LogP contribution in [0.3, 0.4) is 0 Å². The summed E-state index contributed by atoms with van der Waals surface area (Å²) in [7, 11) is 0. The molecule has 0 aliphatic carbocycles. The van der Waals surface area contributed by atoms with Crippen molar-refractivity contribution in [1.29, 1.82) is 0 Å². The van der Waals surface area contributed by atoms with E-state index in [2.05, 4.69) is 47.3 Å². The lowest BCUT2D eigenvalue weighted by molar-refractivity contribution is 0.00934. The van der Waals surface area contributed by atoms with Crippen molar-refractivity contribution in [2.75, 3.05) is 32.8 Å². The Hall–Kier alpha value is -2.90. The Labute approximate surface area is 200 Å². The molecule has 34 heavy (non-hydrogen) atoms. The van der Waals surface area contributed by atoms with E-state index in [0.29, 0.717) is 32.3 Å². The van der Waals surface area contributed by atoms with E-state index in [1.165, 1.54) is 39.6 Å². The highest BCUT2D eigenvalue weighted by Crippen LogP contribution is 2.36. The van der Waals surface area contributed by atoms with Gasteiger partial charge in [-0.3, -0.25) is 0 Å². The zero-order chi connectivity index (χ0) is 23.2. The molecule has 2 atom stereocenters. The highest BCUT2D eigenvalue weighted by molar-refractivity contribution is 5.84. The number of carbonyl (C=O) groups excluding carboxylic acids is 1. The van der Waals surface area contributed by atoms with Crippen molar-refractivity contribution in [2.45, 2.75) is 51.7 Å². The molecule has 0 spiro atoms. The average Bonchev–Trinajstić information content (AvgIpc) is 3.53. The zero-order valence-electron chi connectivity index (χ0n) is 20.1. The summed E-state index contributed by atoms with van der Waals surface area (Å²) < 4.78 is 5.55. The number of rotatable bonds is 2. The highest BCUT2D eigenvalue weighted by Gasteiger charge is 2.32. The van der Waals surface area contributed by atoms with Crippen LogP contribution >= 0.6 is 0 Å². The molecule has 2 fully saturated rings. The fourth-order valence-corrected chi connectivity index (χ4v) is 5.77. The predicted octanol–water partition coefficient (Wildman–Crippen LogP) is 4.16. The Kier molecular flexibility index (Phi) is 5.54. The molecule has 3 aliphatic rings. The van der Waals surface area contributed by atoms with Gasteiger partial charge in [-0.1, -0.05) is 6.07 Å². The number of hydrogen-bond acceptors (Lipinski definition) is 4. The SMILES string of the molecule is Cc1c[nH]c2ncc(-c3cc4c(c([C@@H]5CCCN5)c3)CN(C(=O)N3CCOC[C@H]3C)CC4)cc12. The van der Waals surface area contributed by atoms with Gasteiger partial charge in [-0.2, -0.15) is 0 Å². The maximum atomic E-state index is 13.4. The van der Waals surface area contributed by atoms with Gasteiger partial charge in [0.2, 0.25) is 0 Å². The normalized spacial score (nSPS) is 22.9. The molecule has 2 aromatic heterocycles. The van der Waals surface area contributed by atoms with E-state index in [1.807, 2.05) is 22.2 Å². The van der Waals surface area contributed by atoms with Crippen LogP contribution in [0.25, 0.3) is 22.2 Å². The van der Waals surface area contributed by atoms with Crippen LogP contribution in [-0.2, 0) is 17.7 Å². The third kappa shape index (κ3) is 3.77. The molecule has 2 N–H and O–H groups in total. The molecule has 5 heterocycles. The standard InChI is InChI=1S/C27H33N5O2/c1-17-13-29-26-22(17)12-21(14-30-26)20-10-19-5-7-31(27(33)32-8-9-34-16-18(32)2)15-24(19)23(11-20)25-4-3-6-28-25/h10-14,18,25,28H,3-9,15-16H2,1-2H3,(H,29,30)/t18-,25+/m1/s1. The lowest BCUT2D eigenvalue weighted by Gasteiger charge is -2.39. The maximum Gasteiger partial charge on any atom is 0.320 e. The largest absolute Gasteiger partial charge is 0.377 e. The van der Waals surface area contributed by atoms with Crippen LogP contribution in [0.15, 0.2) is 30.6 Å². The Morgan fingerprint density at radius 1 is 1.21 bits per heavy atom. The van der Waals surface area contributed by atoms with Crippen molar-refractivity contribution in [3.8, 4) is 11.1 Å². The van der Waals surface area contributed by atoms with E-state index in [1.54, 1.807) is 0 Å². The number of hydrogen-bond donors (Lipinski definition) is 2. The maximum absolute atomic E-state index is 13.4. The quantitative estimate of drug-likeness (QED) is 0.604. The van der Waals surface area contributed by atoms with E-state index in [4.69, 9.17) is 4.74 Å². The molecule has 0 unspecified atom stereocenters. The van der Waals surface area contributed by atoms with Crippen LogP contribution < -0.4 is 5.32 Å². The predicted molar refractivity (Wildman–Crippen MR) is 133 cm³/mol. The van der Waals surface area contributed by atoms with Gasteiger partial charge in [0.15, 0.2) is 0 Å². The minimum Gasteiger partial charge on any atom is -0.377 e. The van der Waals surface area contributed by atoms with Gasteiger partial charge in [0, 0.05) is 49.0 Å². The molecule has 6 rings (SSSR count). The average molecular weight is 460 g/mol. The zero-order valence-corrected chi connectivity index (χ0v) is 20.1. The van der Waals surface area contributed by atoms with E-state index in [9.17, 15) is 4.79 Å². The number of aromatic nitrogens is 2. The van der Waals surface area contributed by atoms with Gasteiger partial charge in [-0.15, -0.1) is 0 Å². The first-order chi connectivity index (χ1) is 16.6. The van der Waals surface area contributed by atoms with Gasteiger partial charge in [0.1, 0.15) is 5.65 Å². The number of ether oxygens (including phenoxy) is 1. The molecule has 3 aliphatic heterocycles. The minimum atomic E-state index is 0.125. The Balaban J connectivity index is 1.36. The molecule has 7 heteroatoms. The third-order valence-electron chi connectivity index (χ3n) is 7.77. The monoisotopic (exact) mass is 459 g/mol. The van der Waals surface area contributed by atoms with Crippen molar-refractivity contribution < 1.29 is 9.53 Å². The molecule has 178 valence electrons. The number of H-pyrrole nitrogens is 1. The first kappa shape index (κ1) is 21.6. The molecular weight excluding hydrogens is 426 g/mol. The Morgan fingerprint density at radius 2 is 2.12 bits per heavy atom.